The molecule has 3 amide bonds. The summed E-state index contributed by atoms with van der Waals surface area (Å²) in [6, 6.07) is 4.97. The van der Waals surface area contributed by atoms with E-state index < -0.39 is 11.9 Å². The quantitative estimate of drug-likeness (QED) is 0.662. The number of hydrogen-bond acceptors (Lipinski definition) is 3. The number of benzene rings is 1. The Labute approximate surface area is 119 Å². The van der Waals surface area contributed by atoms with Crippen molar-refractivity contribution in [2.75, 3.05) is 0 Å². The van der Waals surface area contributed by atoms with E-state index >= 15 is 0 Å². The highest BCUT2D eigenvalue weighted by Crippen LogP contribution is 2.26. The Balaban J connectivity index is 2.38. The highest BCUT2D eigenvalue weighted by atomic mass is 79.9. The second-order valence-electron chi connectivity index (χ2n) is 4.32. The van der Waals surface area contributed by atoms with E-state index in [1.165, 1.54) is 0 Å². The first-order valence-corrected chi connectivity index (χ1v) is 6.55. The van der Waals surface area contributed by atoms with Gasteiger partial charge in [-0.3, -0.25) is 10.1 Å². The Morgan fingerprint density at radius 1 is 1.26 bits per heavy atom. The van der Waals surface area contributed by atoms with Gasteiger partial charge in [-0.05, 0) is 38.1 Å². The molecule has 19 heavy (non-hydrogen) atoms. The van der Waals surface area contributed by atoms with Gasteiger partial charge in [-0.15, -0.1) is 0 Å². The first-order valence-electron chi connectivity index (χ1n) is 5.76. The van der Waals surface area contributed by atoms with Crippen molar-refractivity contribution in [2.45, 2.75) is 20.0 Å². The number of nitrogens with one attached hydrogen (secondary N) is 2. The summed E-state index contributed by atoms with van der Waals surface area (Å²) in [4.78, 5) is 22.6. The summed E-state index contributed by atoms with van der Waals surface area (Å²) in [6.07, 6.45) is 1.60. The molecule has 0 aliphatic carbocycles. The zero-order chi connectivity index (χ0) is 14.0. The second-order valence-corrected chi connectivity index (χ2v) is 5.23. The van der Waals surface area contributed by atoms with Crippen LogP contribution in [-0.4, -0.2) is 18.0 Å². The fourth-order valence-corrected chi connectivity index (χ4v) is 2.01. The molecule has 0 unspecified atom stereocenters. The number of rotatable bonds is 3. The summed E-state index contributed by atoms with van der Waals surface area (Å²) < 4.78 is 6.52. The van der Waals surface area contributed by atoms with Gasteiger partial charge in [0.25, 0.3) is 5.91 Å². The van der Waals surface area contributed by atoms with E-state index in [9.17, 15) is 9.59 Å². The third kappa shape index (κ3) is 3.35. The topological polar surface area (TPSA) is 67.4 Å². The van der Waals surface area contributed by atoms with Gasteiger partial charge in [0.1, 0.15) is 11.4 Å². The SMILES string of the molecule is CC(C)Oc1ccc(Br)cc1C=C1NC(=O)NC1=O. The summed E-state index contributed by atoms with van der Waals surface area (Å²) in [6.45, 7) is 3.84. The molecule has 1 heterocycles. The number of urea groups is 1. The smallest absolute Gasteiger partial charge is 0.326 e. The van der Waals surface area contributed by atoms with Gasteiger partial charge in [-0.2, -0.15) is 0 Å². The highest BCUT2D eigenvalue weighted by Gasteiger charge is 2.23. The minimum absolute atomic E-state index is 0.0188. The monoisotopic (exact) mass is 324 g/mol. The first-order chi connectivity index (χ1) is 8.95. The van der Waals surface area contributed by atoms with Crippen LogP contribution in [0.1, 0.15) is 19.4 Å². The molecule has 2 rings (SSSR count). The largest absolute Gasteiger partial charge is 0.490 e. The van der Waals surface area contributed by atoms with Crippen LogP contribution in [0.15, 0.2) is 28.4 Å². The van der Waals surface area contributed by atoms with Gasteiger partial charge in [0.15, 0.2) is 0 Å². The zero-order valence-electron chi connectivity index (χ0n) is 10.5. The van der Waals surface area contributed by atoms with Crippen molar-refractivity contribution in [3.8, 4) is 5.75 Å². The number of amides is 3. The number of ether oxygens (including phenoxy) is 1. The third-order valence-corrected chi connectivity index (χ3v) is 2.85. The lowest BCUT2D eigenvalue weighted by Crippen LogP contribution is -2.22. The molecule has 1 aromatic rings. The Kier molecular flexibility index (Phi) is 3.90. The zero-order valence-corrected chi connectivity index (χ0v) is 12.1. The molecule has 0 atom stereocenters. The number of carbonyl (C=O) groups is 2. The maximum absolute atomic E-state index is 11.5. The van der Waals surface area contributed by atoms with Crippen molar-refractivity contribution in [3.63, 3.8) is 0 Å². The second kappa shape index (κ2) is 5.44. The predicted molar refractivity (Wildman–Crippen MR) is 74.6 cm³/mol. The molecule has 0 radical (unpaired) electrons. The molecule has 0 bridgehead atoms. The van der Waals surface area contributed by atoms with Crippen LogP contribution < -0.4 is 15.4 Å². The van der Waals surface area contributed by atoms with E-state index in [1.807, 2.05) is 32.0 Å². The molecule has 0 spiro atoms. The molecular formula is C13H13BrN2O3. The Morgan fingerprint density at radius 3 is 2.58 bits per heavy atom. The molecule has 0 saturated carbocycles. The Hall–Kier alpha value is -1.82. The van der Waals surface area contributed by atoms with Crippen LogP contribution in [0.2, 0.25) is 0 Å². The molecule has 1 aromatic carbocycles. The average molecular weight is 325 g/mol. The summed E-state index contributed by atoms with van der Waals surface area (Å²) in [7, 11) is 0. The lowest BCUT2D eigenvalue weighted by Gasteiger charge is -2.13. The normalized spacial score (nSPS) is 16.7. The van der Waals surface area contributed by atoms with Crippen LogP contribution in [0.3, 0.4) is 0 Å². The maximum atomic E-state index is 11.5. The number of halogens is 1. The molecule has 0 aromatic heterocycles. The van der Waals surface area contributed by atoms with Gasteiger partial charge in [-0.25, -0.2) is 4.79 Å². The van der Waals surface area contributed by atoms with Crippen LogP contribution in [0, 0.1) is 0 Å². The molecular weight excluding hydrogens is 312 g/mol. The van der Waals surface area contributed by atoms with Gasteiger partial charge >= 0.3 is 6.03 Å². The standard InChI is InChI=1S/C13H13BrN2O3/c1-7(2)19-11-4-3-9(14)5-8(11)6-10-12(17)16-13(18)15-10/h3-7H,1-2H3,(H2,15,16,17,18). The van der Waals surface area contributed by atoms with Crippen LogP contribution in [0.25, 0.3) is 6.08 Å². The Bertz CT molecular complexity index is 567. The lowest BCUT2D eigenvalue weighted by molar-refractivity contribution is -0.115. The summed E-state index contributed by atoms with van der Waals surface area (Å²) in [5, 5.41) is 4.59. The first kappa shape index (κ1) is 13.6. The maximum Gasteiger partial charge on any atom is 0.326 e. The fourth-order valence-electron chi connectivity index (χ4n) is 1.63. The molecule has 5 nitrogen and oxygen atoms in total. The van der Waals surface area contributed by atoms with E-state index in [1.54, 1.807) is 6.08 Å². The molecule has 1 aliphatic rings. The van der Waals surface area contributed by atoms with Crippen molar-refractivity contribution in [2.24, 2.45) is 0 Å². The number of imide groups is 1. The Morgan fingerprint density at radius 2 is 2.00 bits per heavy atom. The number of carbonyl (C=O) groups excluding carboxylic acids is 2. The summed E-state index contributed by atoms with van der Waals surface area (Å²) in [5.74, 6) is 0.208. The van der Waals surface area contributed by atoms with E-state index in [4.69, 9.17) is 4.74 Å². The van der Waals surface area contributed by atoms with Gasteiger partial charge in [0.05, 0.1) is 6.10 Å². The van der Waals surface area contributed by atoms with Crippen LogP contribution in [-0.2, 0) is 4.79 Å². The molecule has 2 N–H and O–H groups in total. The van der Waals surface area contributed by atoms with Gasteiger partial charge < -0.3 is 10.1 Å². The third-order valence-electron chi connectivity index (χ3n) is 2.35. The van der Waals surface area contributed by atoms with Gasteiger partial charge in [0, 0.05) is 10.0 Å². The highest BCUT2D eigenvalue weighted by molar-refractivity contribution is 9.10. The van der Waals surface area contributed by atoms with Crippen molar-refractivity contribution >= 4 is 33.9 Å². The van der Waals surface area contributed by atoms with Crippen molar-refractivity contribution in [1.29, 1.82) is 0 Å². The van der Waals surface area contributed by atoms with Gasteiger partial charge in [0.2, 0.25) is 0 Å². The van der Waals surface area contributed by atoms with E-state index in [2.05, 4.69) is 26.6 Å². The fraction of sp³-hybridized carbons (Fsp3) is 0.231. The number of hydrogen-bond donors (Lipinski definition) is 2. The average Bonchev–Trinajstić information content (AvgIpc) is 2.61. The lowest BCUT2D eigenvalue weighted by atomic mass is 10.1. The minimum Gasteiger partial charge on any atom is -0.490 e. The summed E-state index contributed by atoms with van der Waals surface area (Å²) in [5.41, 5.74) is 0.923. The van der Waals surface area contributed by atoms with Crippen molar-refractivity contribution < 1.29 is 14.3 Å². The van der Waals surface area contributed by atoms with E-state index in [0.29, 0.717) is 5.75 Å². The summed E-state index contributed by atoms with van der Waals surface area (Å²) >= 11 is 3.37. The molecule has 1 saturated heterocycles. The van der Waals surface area contributed by atoms with E-state index in [0.717, 1.165) is 10.0 Å². The molecule has 6 heteroatoms. The molecule has 1 fully saturated rings. The minimum atomic E-state index is -0.516. The predicted octanol–water partition coefficient (Wildman–Crippen LogP) is 2.42. The van der Waals surface area contributed by atoms with Crippen LogP contribution >= 0.6 is 15.9 Å². The molecule has 100 valence electrons. The molecule has 1 aliphatic heterocycles. The van der Waals surface area contributed by atoms with Crippen LogP contribution in [0.5, 0.6) is 5.75 Å². The van der Waals surface area contributed by atoms with Crippen LogP contribution in [0.4, 0.5) is 4.79 Å². The van der Waals surface area contributed by atoms with Gasteiger partial charge in [-0.1, -0.05) is 15.9 Å². The van der Waals surface area contributed by atoms with Crippen molar-refractivity contribution in [1.82, 2.24) is 10.6 Å². The van der Waals surface area contributed by atoms with E-state index in [-0.39, 0.29) is 11.8 Å². The van der Waals surface area contributed by atoms with Crippen molar-refractivity contribution in [3.05, 3.63) is 33.9 Å².